The molecule has 0 aliphatic heterocycles. The molecule has 1 fully saturated rings. The summed E-state index contributed by atoms with van der Waals surface area (Å²) in [4.78, 5) is 0. The van der Waals surface area contributed by atoms with Gasteiger partial charge >= 0.3 is 0 Å². The lowest BCUT2D eigenvalue weighted by atomic mass is 9.66. The molecule has 2 aliphatic rings. The first-order valence-electron chi connectivity index (χ1n) is 11.7. The molecule has 1 saturated carbocycles. The Labute approximate surface area is 182 Å². The Bertz CT molecular complexity index is 1170. The Hall–Kier alpha value is -2.15. The van der Waals surface area contributed by atoms with Gasteiger partial charge in [0.05, 0.1) is 10.9 Å². The predicted octanol–water partition coefficient (Wildman–Crippen LogP) is 7.27. The summed E-state index contributed by atoms with van der Waals surface area (Å²) >= 11 is 0. The topological polar surface area (TPSA) is 3.88 Å². The van der Waals surface area contributed by atoms with Crippen LogP contribution in [0.5, 0.6) is 0 Å². The molecule has 1 aromatic heterocycles. The summed E-state index contributed by atoms with van der Waals surface area (Å²) in [7, 11) is 2.24. The summed E-state index contributed by atoms with van der Waals surface area (Å²) in [5.41, 5.74) is 10.6. The van der Waals surface area contributed by atoms with Crippen LogP contribution in [-0.4, -0.2) is 0 Å². The van der Waals surface area contributed by atoms with Crippen molar-refractivity contribution in [3.05, 3.63) is 64.3 Å². The highest BCUT2D eigenvalue weighted by Gasteiger charge is 2.39. The third-order valence-corrected chi connectivity index (χ3v) is 8.32. The van der Waals surface area contributed by atoms with Gasteiger partial charge in [-0.3, -0.25) is 0 Å². The second kappa shape index (κ2) is 6.42. The fourth-order valence-corrected chi connectivity index (χ4v) is 6.13. The third kappa shape index (κ3) is 2.77. The number of pyridine rings is 1. The van der Waals surface area contributed by atoms with Crippen molar-refractivity contribution in [2.45, 2.75) is 78.6 Å². The van der Waals surface area contributed by atoms with Crippen LogP contribution in [0.2, 0.25) is 0 Å². The maximum atomic E-state index is 2.58. The lowest BCUT2D eigenvalue weighted by molar-refractivity contribution is -0.665. The molecule has 0 saturated heterocycles. The maximum absolute atomic E-state index is 2.58. The Morgan fingerprint density at radius 1 is 0.900 bits per heavy atom. The van der Waals surface area contributed by atoms with Gasteiger partial charge in [0.2, 0.25) is 5.69 Å². The highest BCUT2D eigenvalue weighted by molar-refractivity contribution is 6.01. The van der Waals surface area contributed by atoms with Crippen LogP contribution in [0.15, 0.2) is 36.4 Å². The third-order valence-electron chi connectivity index (χ3n) is 8.32. The van der Waals surface area contributed by atoms with Crippen LogP contribution in [0.3, 0.4) is 0 Å². The molecule has 156 valence electrons. The van der Waals surface area contributed by atoms with E-state index in [1.165, 1.54) is 70.1 Å². The SMILES string of the molecule is Cc1cccc2c1-c1c3c(cc(C4CCC(C)(C)CC4)cc3cc(C)[n+]1C)C2(C)C. The van der Waals surface area contributed by atoms with Crippen molar-refractivity contribution in [3.63, 3.8) is 0 Å². The zero-order valence-electron chi connectivity index (χ0n) is 19.8. The zero-order chi connectivity index (χ0) is 21.4. The van der Waals surface area contributed by atoms with Gasteiger partial charge in [0.1, 0.15) is 7.05 Å². The molecule has 0 bridgehead atoms. The van der Waals surface area contributed by atoms with E-state index in [4.69, 9.17) is 0 Å². The first-order chi connectivity index (χ1) is 14.1. The summed E-state index contributed by atoms with van der Waals surface area (Å²) in [6.07, 6.45) is 5.32. The average Bonchev–Trinajstić information content (AvgIpc) is 2.68. The van der Waals surface area contributed by atoms with Gasteiger partial charge in [-0.25, -0.2) is 0 Å². The molecule has 30 heavy (non-hydrogen) atoms. The van der Waals surface area contributed by atoms with Gasteiger partial charge in [-0.15, -0.1) is 0 Å². The summed E-state index contributed by atoms with van der Waals surface area (Å²) in [6, 6.07) is 14.4. The monoisotopic (exact) mass is 398 g/mol. The molecular formula is C29H36N+. The van der Waals surface area contributed by atoms with E-state index in [0.29, 0.717) is 11.3 Å². The number of rotatable bonds is 1. The summed E-state index contributed by atoms with van der Waals surface area (Å²) in [6.45, 7) is 14.2. The van der Waals surface area contributed by atoms with Crippen LogP contribution in [-0.2, 0) is 12.5 Å². The van der Waals surface area contributed by atoms with E-state index in [1.54, 1.807) is 5.56 Å². The number of fused-ring (bicyclic) bond motifs is 2. The molecule has 0 spiro atoms. The predicted molar refractivity (Wildman–Crippen MR) is 127 cm³/mol. The molecule has 1 heteroatoms. The Morgan fingerprint density at radius 2 is 1.60 bits per heavy atom. The van der Waals surface area contributed by atoms with Gasteiger partial charge in [0.25, 0.3) is 0 Å². The standard InChI is InChI=1S/C29H36N/c1-18-9-8-10-23-25(18)27-26-22(15-19(2)30(27)7)16-21(17-24(26)29(23,5)6)20-11-13-28(3,4)14-12-20/h8-10,15-17,20H,11-14H2,1-7H3/q+1. The zero-order valence-corrected chi connectivity index (χ0v) is 19.8. The first-order valence-corrected chi connectivity index (χ1v) is 11.7. The molecule has 1 heterocycles. The molecule has 0 amide bonds. The van der Waals surface area contributed by atoms with E-state index in [2.05, 4.69) is 89.6 Å². The van der Waals surface area contributed by atoms with Gasteiger partial charge in [0.15, 0.2) is 5.69 Å². The van der Waals surface area contributed by atoms with Gasteiger partial charge in [0, 0.05) is 18.4 Å². The van der Waals surface area contributed by atoms with E-state index in [1.807, 2.05) is 0 Å². The lowest BCUT2D eigenvalue weighted by Gasteiger charge is -2.37. The van der Waals surface area contributed by atoms with Crippen molar-refractivity contribution in [2.75, 3.05) is 0 Å². The van der Waals surface area contributed by atoms with E-state index < -0.39 is 0 Å². The molecule has 5 rings (SSSR count). The van der Waals surface area contributed by atoms with Crippen LogP contribution in [0.1, 0.15) is 87.2 Å². The van der Waals surface area contributed by atoms with Crippen molar-refractivity contribution in [1.29, 1.82) is 0 Å². The minimum absolute atomic E-state index is 0.0127. The Morgan fingerprint density at radius 3 is 2.30 bits per heavy atom. The number of aromatic nitrogens is 1. The minimum atomic E-state index is 0.0127. The van der Waals surface area contributed by atoms with E-state index in [-0.39, 0.29) is 5.41 Å². The van der Waals surface area contributed by atoms with E-state index >= 15 is 0 Å². The molecule has 0 unspecified atom stereocenters. The van der Waals surface area contributed by atoms with Crippen molar-refractivity contribution in [2.24, 2.45) is 12.5 Å². The summed E-state index contributed by atoms with van der Waals surface area (Å²) in [5, 5.41) is 2.90. The van der Waals surface area contributed by atoms with Crippen LogP contribution in [0.4, 0.5) is 0 Å². The van der Waals surface area contributed by atoms with Crippen molar-refractivity contribution in [1.82, 2.24) is 0 Å². The number of hydrogen-bond acceptors (Lipinski definition) is 0. The van der Waals surface area contributed by atoms with Gasteiger partial charge in [-0.1, -0.05) is 58.0 Å². The fraction of sp³-hybridized carbons (Fsp3) is 0.483. The normalized spacial score (nSPS) is 19.7. The second-order valence-electron chi connectivity index (χ2n) is 11.3. The summed E-state index contributed by atoms with van der Waals surface area (Å²) in [5.74, 6) is 0.700. The first kappa shape index (κ1) is 19.8. The number of nitrogens with zero attached hydrogens (tertiary/aromatic N) is 1. The maximum Gasteiger partial charge on any atom is 0.221 e. The molecule has 0 radical (unpaired) electrons. The largest absolute Gasteiger partial charge is 0.221 e. The number of aryl methyl sites for hydroxylation is 2. The number of benzene rings is 2. The van der Waals surface area contributed by atoms with Crippen LogP contribution in [0, 0.1) is 19.3 Å². The Balaban J connectivity index is 1.81. The molecule has 1 nitrogen and oxygen atoms in total. The van der Waals surface area contributed by atoms with Gasteiger partial charge < -0.3 is 0 Å². The van der Waals surface area contributed by atoms with Gasteiger partial charge in [-0.05, 0) is 71.6 Å². The van der Waals surface area contributed by atoms with E-state index in [0.717, 1.165) is 0 Å². The highest BCUT2D eigenvalue weighted by atomic mass is 14.9. The highest BCUT2D eigenvalue weighted by Crippen LogP contribution is 2.50. The molecule has 0 atom stereocenters. The average molecular weight is 399 g/mol. The minimum Gasteiger partial charge on any atom is -0.198 e. The van der Waals surface area contributed by atoms with Gasteiger partial charge in [-0.2, -0.15) is 4.57 Å². The van der Waals surface area contributed by atoms with E-state index in [9.17, 15) is 0 Å². The quantitative estimate of drug-likeness (QED) is 0.379. The molecule has 2 aliphatic carbocycles. The van der Waals surface area contributed by atoms with Crippen LogP contribution < -0.4 is 4.57 Å². The van der Waals surface area contributed by atoms with Crippen LogP contribution in [0.25, 0.3) is 22.0 Å². The fourth-order valence-electron chi connectivity index (χ4n) is 6.13. The lowest BCUT2D eigenvalue weighted by Crippen LogP contribution is -2.38. The number of hydrogen-bond donors (Lipinski definition) is 0. The Kier molecular flexibility index (Phi) is 4.24. The smallest absolute Gasteiger partial charge is 0.198 e. The molecule has 0 N–H and O–H groups in total. The molecular weight excluding hydrogens is 362 g/mol. The molecule has 3 aromatic rings. The van der Waals surface area contributed by atoms with Crippen LogP contribution >= 0.6 is 0 Å². The molecule has 2 aromatic carbocycles. The second-order valence-corrected chi connectivity index (χ2v) is 11.3. The van der Waals surface area contributed by atoms with Crippen molar-refractivity contribution in [3.8, 4) is 11.3 Å². The van der Waals surface area contributed by atoms with Crippen molar-refractivity contribution >= 4 is 10.8 Å². The van der Waals surface area contributed by atoms with Crippen molar-refractivity contribution < 1.29 is 4.57 Å². The summed E-state index contributed by atoms with van der Waals surface area (Å²) < 4.78 is 2.41.